The molecule has 3 N–H and O–H groups in total. The SMILES string of the molecule is CCOC(=O)C1C2CCC(C(C(=O)O)C2C(=O)O)C1C(=O)O. The van der Waals surface area contributed by atoms with Crippen molar-refractivity contribution in [3.8, 4) is 0 Å². The molecular formula is C14H18O8. The van der Waals surface area contributed by atoms with Crippen molar-refractivity contribution in [2.75, 3.05) is 6.61 Å². The number of esters is 1. The van der Waals surface area contributed by atoms with Crippen LogP contribution in [0.1, 0.15) is 19.8 Å². The monoisotopic (exact) mass is 314 g/mol. The average Bonchev–Trinajstić information content (AvgIpc) is 2.45. The zero-order valence-corrected chi connectivity index (χ0v) is 12.0. The van der Waals surface area contributed by atoms with Crippen molar-refractivity contribution in [3.63, 3.8) is 0 Å². The highest BCUT2D eigenvalue weighted by atomic mass is 16.5. The predicted octanol–water partition coefficient (Wildman–Crippen LogP) is 0.308. The normalized spacial score (nSPS) is 36.6. The first-order valence-electron chi connectivity index (χ1n) is 7.16. The summed E-state index contributed by atoms with van der Waals surface area (Å²) in [5.74, 6) is -11.2. The second-order valence-corrected chi connectivity index (χ2v) is 5.77. The highest BCUT2D eigenvalue weighted by molar-refractivity contribution is 5.87. The van der Waals surface area contributed by atoms with Gasteiger partial charge in [-0.1, -0.05) is 0 Å². The number of carboxylic acids is 3. The van der Waals surface area contributed by atoms with Gasteiger partial charge in [0.25, 0.3) is 0 Å². The van der Waals surface area contributed by atoms with Crippen molar-refractivity contribution in [3.05, 3.63) is 0 Å². The number of hydrogen-bond acceptors (Lipinski definition) is 5. The molecule has 122 valence electrons. The smallest absolute Gasteiger partial charge is 0.310 e. The Kier molecular flexibility index (Phi) is 4.39. The molecule has 22 heavy (non-hydrogen) atoms. The van der Waals surface area contributed by atoms with Crippen molar-refractivity contribution in [2.45, 2.75) is 19.8 Å². The Labute approximate surface area is 126 Å². The van der Waals surface area contributed by atoms with E-state index in [1.165, 1.54) is 0 Å². The quantitative estimate of drug-likeness (QED) is 0.616. The molecule has 2 bridgehead atoms. The molecule has 0 aromatic heterocycles. The Morgan fingerprint density at radius 2 is 1.18 bits per heavy atom. The van der Waals surface area contributed by atoms with Crippen molar-refractivity contribution < 1.29 is 39.2 Å². The van der Waals surface area contributed by atoms with Crippen molar-refractivity contribution in [2.24, 2.45) is 35.5 Å². The van der Waals surface area contributed by atoms with Gasteiger partial charge in [0.1, 0.15) is 0 Å². The lowest BCUT2D eigenvalue weighted by Gasteiger charge is -2.51. The highest BCUT2D eigenvalue weighted by Crippen LogP contribution is 2.55. The molecule has 8 nitrogen and oxygen atoms in total. The van der Waals surface area contributed by atoms with Crippen LogP contribution in [0.5, 0.6) is 0 Å². The Bertz CT molecular complexity index is 513. The molecule has 8 heteroatoms. The summed E-state index contributed by atoms with van der Waals surface area (Å²) in [6.07, 6.45) is 0.608. The third-order valence-electron chi connectivity index (χ3n) is 4.87. The van der Waals surface area contributed by atoms with E-state index < -0.39 is 59.4 Å². The Morgan fingerprint density at radius 1 is 0.818 bits per heavy atom. The first-order chi connectivity index (χ1) is 10.3. The maximum atomic E-state index is 12.1. The van der Waals surface area contributed by atoms with Gasteiger partial charge in [-0.3, -0.25) is 19.2 Å². The minimum Gasteiger partial charge on any atom is -0.481 e. The number of ether oxygens (including phenoxy) is 1. The van der Waals surface area contributed by atoms with E-state index in [1.807, 2.05) is 0 Å². The fourth-order valence-electron chi connectivity index (χ4n) is 4.19. The van der Waals surface area contributed by atoms with Crippen molar-refractivity contribution >= 4 is 23.9 Å². The molecule has 3 aliphatic carbocycles. The van der Waals surface area contributed by atoms with Crippen molar-refractivity contribution in [1.82, 2.24) is 0 Å². The van der Waals surface area contributed by atoms with Gasteiger partial charge >= 0.3 is 23.9 Å². The summed E-state index contributed by atoms with van der Waals surface area (Å²) in [6, 6.07) is 0. The first-order valence-corrected chi connectivity index (χ1v) is 7.16. The van der Waals surface area contributed by atoms with Gasteiger partial charge in [-0.15, -0.1) is 0 Å². The number of aliphatic carboxylic acids is 3. The third kappa shape index (κ3) is 2.42. The van der Waals surface area contributed by atoms with Crippen LogP contribution in [0.4, 0.5) is 0 Å². The average molecular weight is 314 g/mol. The lowest BCUT2D eigenvalue weighted by molar-refractivity contribution is -0.191. The van der Waals surface area contributed by atoms with Crippen LogP contribution in [0, 0.1) is 35.5 Å². The molecule has 0 amide bonds. The molecule has 3 fully saturated rings. The van der Waals surface area contributed by atoms with E-state index in [0.29, 0.717) is 6.42 Å². The Balaban J connectivity index is 2.47. The van der Waals surface area contributed by atoms with Gasteiger partial charge in [0.05, 0.1) is 30.3 Å². The van der Waals surface area contributed by atoms with E-state index >= 15 is 0 Å². The van der Waals surface area contributed by atoms with Crippen LogP contribution < -0.4 is 0 Å². The van der Waals surface area contributed by atoms with E-state index in [1.54, 1.807) is 6.92 Å². The Hall–Kier alpha value is -2.12. The summed E-state index contributed by atoms with van der Waals surface area (Å²) >= 11 is 0. The Morgan fingerprint density at radius 3 is 1.55 bits per heavy atom. The van der Waals surface area contributed by atoms with E-state index in [9.17, 15) is 34.5 Å². The lowest BCUT2D eigenvalue weighted by atomic mass is 9.50. The van der Waals surface area contributed by atoms with Gasteiger partial charge in [-0.25, -0.2) is 0 Å². The van der Waals surface area contributed by atoms with E-state index in [2.05, 4.69) is 0 Å². The molecule has 0 heterocycles. The number of fused-ring (bicyclic) bond motifs is 3. The number of hydrogen-bond donors (Lipinski definition) is 3. The number of rotatable bonds is 5. The van der Waals surface area contributed by atoms with E-state index in [4.69, 9.17) is 4.74 Å². The number of carbonyl (C=O) groups is 4. The lowest BCUT2D eigenvalue weighted by Crippen LogP contribution is -2.59. The summed E-state index contributed by atoms with van der Waals surface area (Å²) in [4.78, 5) is 46.6. The molecule has 0 spiro atoms. The standard InChI is InChI=1S/C14H18O8/c1-2-22-14(21)10-6-4-3-5(9(10)13(19)20)7(11(15)16)8(6)12(17)18/h5-10H,2-4H2,1H3,(H,15,16)(H,17,18)(H,19,20). The van der Waals surface area contributed by atoms with Crippen molar-refractivity contribution in [1.29, 1.82) is 0 Å². The zero-order chi connectivity index (χ0) is 16.6. The van der Waals surface area contributed by atoms with Gasteiger partial charge in [0, 0.05) is 0 Å². The maximum Gasteiger partial charge on any atom is 0.310 e. The van der Waals surface area contributed by atoms with E-state index in [0.717, 1.165) is 0 Å². The van der Waals surface area contributed by atoms with Crippen LogP contribution in [0.15, 0.2) is 0 Å². The van der Waals surface area contributed by atoms with Crippen LogP contribution in [0.3, 0.4) is 0 Å². The maximum absolute atomic E-state index is 12.1. The fourth-order valence-corrected chi connectivity index (χ4v) is 4.19. The summed E-state index contributed by atoms with van der Waals surface area (Å²) in [6.45, 7) is 1.63. The van der Waals surface area contributed by atoms with Crippen LogP contribution in [-0.4, -0.2) is 45.8 Å². The van der Waals surface area contributed by atoms with E-state index in [-0.39, 0.29) is 13.0 Å². The molecule has 0 aliphatic heterocycles. The second-order valence-electron chi connectivity index (χ2n) is 5.77. The predicted molar refractivity (Wildman–Crippen MR) is 69.7 cm³/mol. The highest BCUT2D eigenvalue weighted by Gasteiger charge is 2.63. The second kappa shape index (κ2) is 5.94. The van der Waals surface area contributed by atoms with Crippen LogP contribution in [0.25, 0.3) is 0 Å². The molecule has 6 unspecified atom stereocenters. The zero-order valence-electron chi connectivity index (χ0n) is 12.0. The molecule has 3 saturated carbocycles. The molecule has 6 atom stereocenters. The van der Waals surface area contributed by atoms with Crippen LogP contribution >= 0.6 is 0 Å². The molecular weight excluding hydrogens is 296 g/mol. The summed E-state index contributed by atoms with van der Waals surface area (Å²) in [7, 11) is 0. The van der Waals surface area contributed by atoms with Gasteiger partial charge in [0.2, 0.25) is 0 Å². The summed E-state index contributed by atoms with van der Waals surface area (Å²) < 4.78 is 4.90. The summed E-state index contributed by atoms with van der Waals surface area (Å²) in [5, 5.41) is 28.1. The molecule has 3 aliphatic rings. The molecule has 3 rings (SSSR count). The summed E-state index contributed by atoms with van der Waals surface area (Å²) in [5.41, 5.74) is 0. The minimum absolute atomic E-state index is 0.0547. The topological polar surface area (TPSA) is 138 Å². The largest absolute Gasteiger partial charge is 0.481 e. The van der Waals surface area contributed by atoms with Crippen LogP contribution in [0.2, 0.25) is 0 Å². The molecule has 0 aromatic carbocycles. The van der Waals surface area contributed by atoms with Gasteiger partial charge in [-0.2, -0.15) is 0 Å². The van der Waals surface area contributed by atoms with Crippen LogP contribution in [-0.2, 0) is 23.9 Å². The van der Waals surface area contributed by atoms with Gasteiger partial charge in [-0.05, 0) is 31.6 Å². The molecule has 0 aromatic rings. The van der Waals surface area contributed by atoms with Gasteiger partial charge < -0.3 is 20.1 Å². The first kappa shape index (κ1) is 16.3. The molecule has 0 radical (unpaired) electrons. The third-order valence-corrected chi connectivity index (χ3v) is 4.87. The molecule has 0 saturated heterocycles. The fraction of sp³-hybridized carbons (Fsp3) is 0.714. The number of carboxylic acid groups (broad SMARTS) is 3. The number of carbonyl (C=O) groups excluding carboxylic acids is 1. The minimum atomic E-state index is -1.32. The van der Waals surface area contributed by atoms with Gasteiger partial charge in [0.15, 0.2) is 0 Å².